The summed E-state index contributed by atoms with van der Waals surface area (Å²) in [6.45, 7) is 3.84. The van der Waals surface area contributed by atoms with Gasteiger partial charge in [0.25, 0.3) is 0 Å². The number of carbonyl (C=O) groups is 2. The van der Waals surface area contributed by atoms with Crippen molar-refractivity contribution in [3.8, 4) is 0 Å². The summed E-state index contributed by atoms with van der Waals surface area (Å²) in [7, 11) is -3.33. The third-order valence-corrected chi connectivity index (χ3v) is 7.76. The van der Waals surface area contributed by atoms with Gasteiger partial charge in [0.15, 0.2) is 0 Å². The average molecular weight is 372 g/mol. The summed E-state index contributed by atoms with van der Waals surface area (Å²) in [6, 6.07) is 0. The Morgan fingerprint density at radius 2 is 1.68 bits per heavy atom. The lowest BCUT2D eigenvalue weighted by Crippen LogP contribution is -2.50. The monoisotopic (exact) mass is 371 g/mol. The summed E-state index contributed by atoms with van der Waals surface area (Å²) >= 11 is 0. The van der Waals surface area contributed by atoms with E-state index in [0.29, 0.717) is 26.2 Å². The van der Waals surface area contributed by atoms with Crippen LogP contribution >= 0.6 is 0 Å². The second-order valence-corrected chi connectivity index (χ2v) is 9.74. The van der Waals surface area contributed by atoms with Crippen LogP contribution in [0.15, 0.2) is 0 Å². The molecule has 3 fully saturated rings. The van der Waals surface area contributed by atoms with Gasteiger partial charge in [0.1, 0.15) is 0 Å². The van der Waals surface area contributed by atoms with Crippen LogP contribution in [0.25, 0.3) is 0 Å². The topological polar surface area (TPSA) is 86.8 Å². The number of carbonyl (C=O) groups excluding carboxylic acids is 2. The van der Waals surface area contributed by atoms with Gasteiger partial charge >= 0.3 is 0 Å². The van der Waals surface area contributed by atoms with Crippen LogP contribution in [-0.4, -0.2) is 68.5 Å². The largest absolute Gasteiger partial charge is 0.339 e. The van der Waals surface area contributed by atoms with E-state index < -0.39 is 10.0 Å². The lowest BCUT2D eigenvalue weighted by molar-refractivity contribution is -0.138. The van der Waals surface area contributed by atoms with Crippen molar-refractivity contribution in [3.63, 3.8) is 0 Å². The summed E-state index contributed by atoms with van der Waals surface area (Å²) < 4.78 is 27.4. The molecule has 3 rings (SSSR count). The molecule has 2 aliphatic carbocycles. The van der Waals surface area contributed by atoms with Gasteiger partial charge in [0.05, 0.1) is 5.75 Å². The standard InChI is InChI=1S/C17H29N3O4S/c1-14(21)19-8-10-20(11-9-19)16(22)4-7-18-25(23,24)13-17-5-2-15(12-17)3-6-17/h15,18H,2-13H2,1H3. The number of hydrogen-bond donors (Lipinski definition) is 1. The molecule has 0 unspecified atom stereocenters. The molecular formula is C17H29N3O4S. The van der Waals surface area contributed by atoms with Gasteiger partial charge in [-0.2, -0.15) is 0 Å². The van der Waals surface area contributed by atoms with E-state index in [1.807, 2.05) is 0 Å². The molecule has 142 valence electrons. The van der Waals surface area contributed by atoms with Crippen LogP contribution in [0.4, 0.5) is 0 Å². The first-order valence-corrected chi connectivity index (χ1v) is 10.9. The Morgan fingerprint density at radius 1 is 1.08 bits per heavy atom. The van der Waals surface area contributed by atoms with E-state index in [1.54, 1.807) is 9.80 Å². The number of nitrogens with one attached hydrogen (secondary N) is 1. The van der Waals surface area contributed by atoms with E-state index in [2.05, 4.69) is 4.72 Å². The summed E-state index contributed by atoms with van der Waals surface area (Å²) in [4.78, 5) is 27.0. The van der Waals surface area contributed by atoms with Crippen molar-refractivity contribution in [3.05, 3.63) is 0 Å². The summed E-state index contributed by atoms with van der Waals surface area (Å²) in [5.74, 6) is 0.915. The highest BCUT2D eigenvalue weighted by molar-refractivity contribution is 7.89. The Labute approximate surface area is 150 Å². The molecule has 2 bridgehead atoms. The zero-order valence-corrected chi connectivity index (χ0v) is 15.8. The predicted octanol–water partition coefficient (Wildman–Crippen LogP) is 0.567. The molecule has 0 aromatic carbocycles. The van der Waals surface area contributed by atoms with Crippen molar-refractivity contribution in [2.24, 2.45) is 11.3 Å². The van der Waals surface area contributed by atoms with E-state index in [0.717, 1.165) is 25.2 Å². The first-order valence-electron chi connectivity index (χ1n) is 9.29. The van der Waals surface area contributed by atoms with Crippen molar-refractivity contribution in [2.75, 3.05) is 38.5 Å². The molecule has 1 heterocycles. The van der Waals surface area contributed by atoms with E-state index in [1.165, 1.54) is 19.8 Å². The van der Waals surface area contributed by atoms with E-state index in [-0.39, 0.29) is 35.9 Å². The van der Waals surface area contributed by atoms with Crippen molar-refractivity contribution in [1.82, 2.24) is 14.5 Å². The quantitative estimate of drug-likeness (QED) is 0.739. The minimum absolute atomic E-state index is 0.0104. The fraction of sp³-hybridized carbons (Fsp3) is 0.882. The minimum atomic E-state index is -3.33. The number of nitrogens with zero attached hydrogens (tertiary/aromatic N) is 2. The van der Waals surface area contributed by atoms with Crippen molar-refractivity contribution >= 4 is 21.8 Å². The van der Waals surface area contributed by atoms with Gasteiger partial charge in [-0.1, -0.05) is 0 Å². The van der Waals surface area contributed by atoms with Crippen LogP contribution in [-0.2, 0) is 19.6 Å². The van der Waals surface area contributed by atoms with E-state index >= 15 is 0 Å². The van der Waals surface area contributed by atoms with Gasteiger partial charge in [-0.25, -0.2) is 13.1 Å². The molecule has 0 atom stereocenters. The highest BCUT2D eigenvalue weighted by Gasteiger charge is 2.47. The average Bonchev–Trinajstić information content (AvgIpc) is 3.14. The molecule has 8 heteroatoms. The van der Waals surface area contributed by atoms with Gasteiger partial charge in [-0.05, 0) is 43.4 Å². The normalized spacial score (nSPS) is 29.2. The van der Waals surface area contributed by atoms with Crippen LogP contribution < -0.4 is 4.72 Å². The lowest BCUT2D eigenvalue weighted by atomic mass is 9.87. The number of sulfonamides is 1. The Kier molecular flexibility index (Phi) is 5.39. The third-order valence-electron chi connectivity index (χ3n) is 6.12. The maximum atomic E-state index is 12.4. The van der Waals surface area contributed by atoms with E-state index in [9.17, 15) is 18.0 Å². The maximum Gasteiger partial charge on any atom is 0.224 e. The highest BCUT2D eigenvalue weighted by atomic mass is 32.2. The minimum Gasteiger partial charge on any atom is -0.339 e. The molecule has 1 N–H and O–H groups in total. The van der Waals surface area contributed by atoms with Crippen LogP contribution in [0, 0.1) is 11.3 Å². The molecule has 0 spiro atoms. The molecule has 0 aromatic rings. The van der Waals surface area contributed by atoms with Gasteiger partial charge < -0.3 is 9.80 Å². The third kappa shape index (κ3) is 4.53. The second-order valence-electron chi connectivity index (χ2n) is 7.94. The first kappa shape index (κ1) is 18.6. The molecule has 1 aliphatic heterocycles. The molecule has 0 aromatic heterocycles. The predicted molar refractivity (Wildman–Crippen MR) is 94.2 cm³/mol. The fourth-order valence-corrected chi connectivity index (χ4v) is 6.44. The van der Waals surface area contributed by atoms with Crippen LogP contribution in [0.5, 0.6) is 0 Å². The van der Waals surface area contributed by atoms with Crippen LogP contribution in [0.1, 0.15) is 45.4 Å². The smallest absolute Gasteiger partial charge is 0.224 e. The maximum absolute atomic E-state index is 12.4. The van der Waals surface area contributed by atoms with Gasteiger partial charge in [0, 0.05) is 46.1 Å². The zero-order valence-electron chi connectivity index (χ0n) is 15.0. The Bertz CT molecular complexity index is 618. The molecule has 2 saturated carbocycles. The van der Waals surface area contributed by atoms with Gasteiger partial charge in [-0.15, -0.1) is 0 Å². The van der Waals surface area contributed by atoms with Gasteiger partial charge in [-0.3, -0.25) is 9.59 Å². The zero-order chi connectivity index (χ0) is 18.1. The lowest BCUT2D eigenvalue weighted by Gasteiger charge is -2.34. The summed E-state index contributed by atoms with van der Waals surface area (Å²) in [5.41, 5.74) is -0.0104. The van der Waals surface area contributed by atoms with Crippen LogP contribution in [0.2, 0.25) is 0 Å². The van der Waals surface area contributed by atoms with Crippen molar-refractivity contribution in [2.45, 2.75) is 45.4 Å². The summed E-state index contributed by atoms with van der Waals surface area (Å²) in [5, 5.41) is 0. The fourth-order valence-electron chi connectivity index (χ4n) is 4.71. The van der Waals surface area contributed by atoms with Crippen molar-refractivity contribution < 1.29 is 18.0 Å². The molecular weight excluding hydrogens is 342 g/mol. The first-order chi connectivity index (χ1) is 11.8. The summed E-state index contributed by atoms with van der Waals surface area (Å²) in [6.07, 6.45) is 5.61. The van der Waals surface area contributed by atoms with Crippen molar-refractivity contribution in [1.29, 1.82) is 0 Å². The molecule has 1 saturated heterocycles. The number of amides is 2. The molecule has 3 aliphatic rings. The van der Waals surface area contributed by atoms with Gasteiger partial charge in [0.2, 0.25) is 21.8 Å². The Balaban J connectivity index is 1.40. The number of piperazine rings is 1. The molecule has 25 heavy (non-hydrogen) atoms. The SMILES string of the molecule is CC(=O)N1CCN(C(=O)CCNS(=O)(=O)CC23CCC(CC2)C3)CC1. The Hall–Kier alpha value is -1.15. The number of fused-ring (bicyclic) bond motifs is 2. The number of rotatable bonds is 6. The van der Waals surface area contributed by atoms with Crippen LogP contribution in [0.3, 0.4) is 0 Å². The second kappa shape index (κ2) is 7.23. The Morgan fingerprint density at radius 3 is 2.20 bits per heavy atom. The molecule has 2 amide bonds. The molecule has 7 nitrogen and oxygen atoms in total. The molecule has 0 radical (unpaired) electrons. The van der Waals surface area contributed by atoms with E-state index in [4.69, 9.17) is 0 Å². The highest BCUT2D eigenvalue weighted by Crippen LogP contribution is 2.54. The number of hydrogen-bond acceptors (Lipinski definition) is 4.